The number of benzene rings is 2. The van der Waals surface area contributed by atoms with E-state index in [1.54, 1.807) is 11.0 Å². The molecule has 3 aliphatic rings. The van der Waals surface area contributed by atoms with Gasteiger partial charge in [0.1, 0.15) is 11.4 Å². The Morgan fingerprint density at radius 1 is 1.25 bits per heavy atom. The van der Waals surface area contributed by atoms with Gasteiger partial charge in [-0.05, 0) is 36.2 Å². The number of anilines is 1. The zero-order chi connectivity index (χ0) is 21.9. The molecule has 2 bridgehead atoms. The van der Waals surface area contributed by atoms with E-state index in [9.17, 15) is 14.0 Å². The van der Waals surface area contributed by atoms with Crippen LogP contribution < -0.4 is 5.32 Å². The minimum atomic E-state index is -0.758. The molecule has 6 nitrogen and oxygen atoms in total. The van der Waals surface area contributed by atoms with Crippen LogP contribution in [0.25, 0.3) is 10.9 Å². The Morgan fingerprint density at radius 3 is 3.00 bits per heavy atom. The number of amides is 2. The number of carbonyl (C=O) groups excluding carboxylic acids is 2. The maximum absolute atomic E-state index is 13.5. The number of ether oxygens (including phenoxy) is 1. The zero-order valence-corrected chi connectivity index (χ0v) is 17.3. The highest BCUT2D eigenvalue weighted by Gasteiger charge is 2.66. The van der Waals surface area contributed by atoms with Gasteiger partial charge in [-0.25, -0.2) is 4.39 Å². The van der Waals surface area contributed by atoms with Gasteiger partial charge >= 0.3 is 0 Å². The first-order valence-corrected chi connectivity index (χ1v) is 10.8. The normalized spacial score (nSPS) is 28.0. The van der Waals surface area contributed by atoms with Gasteiger partial charge in [0.15, 0.2) is 0 Å². The largest absolute Gasteiger partial charge is 0.361 e. The van der Waals surface area contributed by atoms with Crippen LogP contribution in [0.1, 0.15) is 5.56 Å². The smallest absolute Gasteiger partial charge is 0.231 e. The molecule has 7 heteroatoms. The number of rotatable bonds is 5. The molecule has 0 radical (unpaired) electrons. The van der Waals surface area contributed by atoms with Crippen molar-refractivity contribution in [3.05, 3.63) is 78.3 Å². The van der Waals surface area contributed by atoms with E-state index < -0.39 is 29.4 Å². The summed E-state index contributed by atoms with van der Waals surface area (Å²) in [6, 6.07) is 13.8. The molecular formula is C25H22FN3O3. The van der Waals surface area contributed by atoms with Crippen molar-refractivity contribution in [3.63, 3.8) is 0 Å². The van der Waals surface area contributed by atoms with Gasteiger partial charge in [-0.1, -0.05) is 36.4 Å². The Labute approximate surface area is 184 Å². The lowest BCUT2D eigenvalue weighted by molar-refractivity contribution is -0.135. The van der Waals surface area contributed by atoms with Gasteiger partial charge in [0.2, 0.25) is 11.8 Å². The number of nitrogens with one attached hydrogen (secondary N) is 2. The van der Waals surface area contributed by atoms with E-state index in [1.165, 1.54) is 18.2 Å². The second kappa shape index (κ2) is 7.03. The fourth-order valence-electron chi connectivity index (χ4n) is 5.45. The van der Waals surface area contributed by atoms with Gasteiger partial charge in [0.05, 0.1) is 24.5 Å². The van der Waals surface area contributed by atoms with Crippen LogP contribution in [0.15, 0.2) is 66.9 Å². The van der Waals surface area contributed by atoms with E-state index >= 15 is 0 Å². The third kappa shape index (κ3) is 2.88. The van der Waals surface area contributed by atoms with Crippen LogP contribution in [-0.4, -0.2) is 46.5 Å². The molecule has 4 atom stereocenters. The van der Waals surface area contributed by atoms with Crippen LogP contribution in [0.2, 0.25) is 0 Å². The van der Waals surface area contributed by atoms with E-state index in [2.05, 4.69) is 16.4 Å². The summed E-state index contributed by atoms with van der Waals surface area (Å²) in [5, 5.41) is 3.92. The number of H-pyrrole nitrogens is 1. The number of halogens is 1. The molecule has 162 valence electrons. The maximum Gasteiger partial charge on any atom is 0.231 e. The summed E-state index contributed by atoms with van der Waals surface area (Å²) in [5.74, 6) is -1.99. The van der Waals surface area contributed by atoms with Crippen molar-refractivity contribution < 1.29 is 18.7 Å². The number of aromatic nitrogens is 1. The average Bonchev–Trinajstić information content (AvgIpc) is 3.52. The molecule has 0 saturated carbocycles. The molecule has 2 aromatic carbocycles. The number of hydrogen-bond donors (Lipinski definition) is 2. The molecule has 2 saturated heterocycles. The van der Waals surface area contributed by atoms with E-state index in [1.807, 2.05) is 36.5 Å². The molecule has 32 heavy (non-hydrogen) atoms. The fourth-order valence-corrected chi connectivity index (χ4v) is 5.45. The number of para-hydroxylation sites is 1. The van der Waals surface area contributed by atoms with E-state index in [0.717, 1.165) is 16.5 Å². The van der Waals surface area contributed by atoms with Crippen LogP contribution in [0.4, 0.5) is 10.1 Å². The third-order valence-corrected chi connectivity index (χ3v) is 6.90. The molecule has 3 aliphatic heterocycles. The molecule has 0 unspecified atom stereocenters. The SMILES string of the molecule is O=C(Nc1cccc(F)c1)[C@@H]1[C@@H]2C=C[C@]3(CN(CCc4c[nH]c5ccccc45)C(=O)[C@H]13)O2. The standard InChI is InChI=1S/C25H22FN3O3/c26-16-4-3-5-17(12-16)28-23(30)21-20-8-10-25(32-20)14-29(24(31)22(21)25)11-9-15-13-27-19-7-2-1-6-18(15)19/h1-8,10,12-13,20-22,27H,9,11,14H2,(H,28,30)/t20-,21+,22-,25+/m0/s1. The summed E-state index contributed by atoms with van der Waals surface area (Å²) in [4.78, 5) is 31.5. The predicted octanol–water partition coefficient (Wildman–Crippen LogP) is 3.27. The van der Waals surface area contributed by atoms with Gasteiger partial charge in [-0.2, -0.15) is 0 Å². The van der Waals surface area contributed by atoms with Crippen molar-refractivity contribution in [2.24, 2.45) is 11.8 Å². The molecule has 1 aromatic heterocycles. The van der Waals surface area contributed by atoms with Gasteiger partial charge in [-0.15, -0.1) is 0 Å². The van der Waals surface area contributed by atoms with Gasteiger partial charge in [0, 0.05) is 29.3 Å². The van der Waals surface area contributed by atoms with Crippen molar-refractivity contribution in [2.45, 2.75) is 18.1 Å². The minimum absolute atomic E-state index is 0.0592. The van der Waals surface area contributed by atoms with Crippen molar-refractivity contribution in [1.82, 2.24) is 9.88 Å². The van der Waals surface area contributed by atoms with Crippen LogP contribution in [0.3, 0.4) is 0 Å². The molecule has 2 fully saturated rings. The first-order chi connectivity index (χ1) is 15.5. The molecule has 2 N–H and O–H groups in total. The summed E-state index contributed by atoms with van der Waals surface area (Å²) in [6.45, 7) is 0.995. The highest BCUT2D eigenvalue weighted by molar-refractivity contribution is 5.99. The van der Waals surface area contributed by atoms with Gasteiger partial charge < -0.3 is 19.9 Å². The highest BCUT2D eigenvalue weighted by atomic mass is 19.1. The molecule has 6 rings (SSSR count). The molecule has 4 heterocycles. The zero-order valence-electron chi connectivity index (χ0n) is 17.3. The lowest BCUT2D eigenvalue weighted by Gasteiger charge is -2.23. The second-order valence-corrected chi connectivity index (χ2v) is 8.77. The van der Waals surface area contributed by atoms with E-state index in [-0.39, 0.29) is 11.8 Å². The summed E-state index contributed by atoms with van der Waals surface area (Å²) in [7, 11) is 0. The summed E-state index contributed by atoms with van der Waals surface area (Å²) >= 11 is 0. The van der Waals surface area contributed by atoms with Crippen molar-refractivity contribution in [1.29, 1.82) is 0 Å². The molecule has 0 aliphatic carbocycles. The Balaban J connectivity index is 1.20. The van der Waals surface area contributed by atoms with Crippen molar-refractivity contribution in [3.8, 4) is 0 Å². The minimum Gasteiger partial charge on any atom is -0.361 e. The summed E-state index contributed by atoms with van der Waals surface area (Å²) < 4.78 is 19.7. The lowest BCUT2D eigenvalue weighted by Crippen LogP contribution is -2.41. The number of nitrogens with zero attached hydrogens (tertiary/aromatic N) is 1. The Hall–Kier alpha value is -3.45. The average molecular weight is 431 g/mol. The first kappa shape index (κ1) is 19.3. The Kier molecular flexibility index (Phi) is 4.23. The first-order valence-electron chi connectivity index (χ1n) is 10.8. The summed E-state index contributed by atoms with van der Waals surface area (Å²) in [5.41, 5.74) is 1.84. The quantitative estimate of drug-likeness (QED) is 0.609. The highest BCUT2D eigenvalue weighted by Crippen LogP contribution is 2.52. The van der Waals surface area contributed by atoms with E-state index in [4.69, 9.17) is 4.74 Å². The van der Waals surface area contributed by atoms with Crippen LogP contribution in [-0.2, 0) is 20.7 Å². The molecule has 2 amide bonds. The lowest BCUT2D eigenvalue weighted by atomic mass is 9.77. The second-order valence-electron chi connectivity index (χ2n) is 8.77. The predicted molar refractivity (Wildman–Crippen MR) is 117 cm³/mol. The number of fused-ring (bicyclic) bond motifs is 2. The van der Waals surface area contributed by atoms with Crippen LogP contribution >= 0.6 is 0 Å². The maximum atomic E-state index is 13.5. The molecular weight excluding hydrogens is 409 g/mol. The number of likely N-dealkylation sites (tertiary alicyclic amines) is 1. The monoisotopic (exact) mass is 431 g/mol. The Bertz CT molecular complexity index is 1270. The van der Waals surface area contributed by atoms with Crippen LogP contribution in [0.5, 0.6) is 0 Å². The molecule has 3 aromatic rings. The van der Waals surface area contributed by atoms with Crippen LogP contribution in [0, 0.1) is 17.7 Å². The van der Waals surface area contributed by atoms with Gasteiger partial charge in [-0.3, -0.25) is 9.59 Å². The number of hydrogen-bond acceptors (Lipinski definition) is 3. The number of carbonyl (C=O) groups is 2. The third-order valence-electron chi connectivity index (χ3n) is 6.90. The fraction of sp³-hybridized carbons (Fsp3) is 0.280. The van der Waals surface area contributed by atoms with Crippen molar-refractivity contribution in [2.75, 3.05) is 18.4 Å². The Morgan fingerprint density at radius 2 is 2.12 bits per heavy atom. The summed E-state index contributed by atoms with van der Waals surface area (Å²) in [6.07, 6.45) is 6.09. The van der Waals surface area contributed by atoms with Crippen molar-refractivity contribution >= 4 is 28.4 Å². The number of aromatic amines is 1. The topological polar surface area (TPSA) is 74.4 Å². The van der Waals surface area contributed by atoms with Gasteiger partial charge in [0.25, 0.3) is 0 Å². The molecule has 1 spiro atoms. The van der Waals surface area contributed by atoms with E-state index in [0.29, 0.717) is 25.2 Å².